The number of sulfonamides is 1. The molecule has 142 valence electrons. The van der Waals surface area contributed by atoms with Crippen LogP contribution in [0, 0.1) is 17.8 Å². The summed E-state index contributed by atoms with van der Waals surface area (Å²) in [6.07, 6.45) is 8.40. The van der Waals surface area contributed by atoms with Crippen LogP contribution in [0.5, 0.6) is 0 Å². The van der Waals surface area contributed by atoms with Crippen LogP contribution in [0.2, 0.25) is 5.02 Å². The summed E-state index contributed by atoms with van der Waals surface area (Å²) in [5, 5.41) is 0.565. The molecule has 5 aliphatic rings. The molecular formula is C20H27ClN2O2S. The van der Waals surface area contributed by atoms with Crippen LogP contribution in [0.15, 0.2) is 29.2 Å². The Hall–Kier alpha value is -0.620. The first kappa shape index (κ1) is 17.5. The van der Waals surface area contributed by atoms with Gasteiger partial charge in [-0.05, 0) is 80.5 Å². The Labute approximate surface area is 161 Å². The van der Waals surface area contributed by atoms with Gasteiger partial charge >= 0.3 is 0 Å². The summed E-state index contributed by atoms with van der Waals surface area (Å²) in [4.78, 5) is 3.01. The fourth-order valence-electron chi connectivity index (χ4n) is 6.61. The molecule has 4 aliphatic carbocycles. The average molecular weight is 395 g/mol. The van der Waals surface area contributed by atoms with Crippen LogP contribution < -0.4 is 0 Å². The van der Waals surface area contributed by atoms with Crippen LogP contribution in [0.4, 0.5) is 0 Å². The van der Waals surface area contributed by atoms with Crippen LogP contribution in [0.25, 0.3) is 0 Å². The quantitative estimate of drug-likeness (QED) is 0.786. The number of nitrogens with zero attached hydrogens (tertiary/aromatic N) is 2. The highest BCUT2D eigenvalue weighted by Crippen LogP contribution is 2.57. The van der Waals surface area contributed by atoms with Crippen molar-refractivity contribution in [2.45, 2.75) is 49.0 Å². The van der Waals surface area contributed by atoms with Gasteiger partial charge in [-0.1, -0.05) is 11.6 Å². The van der Waals surface area contributed by atoms with E-state index in [-0.39, 0.29) is 0 Å². The lowest BCUT2D eigenvalue weighted by molar-refractivity contribution is -0.0964. The lowest BCUT2D eigenvalue weighted by atomic mass is 9.52. The van der Waals surface area contributed by atoms with Gasteiger partial charge < -0.3 is 0 Å². The zero-order valence-corrected chi connectivity index (χ0v) is 16.7. The molecule has 4 saturated carbocycles. The summed E-state index contributed by atoms with van der Waals surface area (Å²) in [5.74, 6) is 2.78. The summed E-state index contributed by atoms with van der Waals surface area (Å²) >= 11 is 5.90. The molecule has 0 spiro atoms. The van der Waals surface area contributed by atoms with Crippen molar-refractivity contribution in [3.8, 4) is 0 Å². The fourth-order valence-corrected chi connectivity index (χ4v) is 8.16. The molecule has 0 atom stereocenters. The normalized spacial score (nSPS) is 38.0. The van der Waals surface area contributed by atoms with E-state index < -0.39 is 10.0 Å². The predicted octanol–water partition coefficient (Wildman–Crippen LogP) is 3.62. The molecule has 4 nitrogen and oxygen atoms in total. The van der Waals surface area contributed by atoms with Crippen molar-refractivity contribution < 1.29 is 8.42 Å². The third-order valence-electron chi connectivity index (χ3n) is 7.37. The third kappa shape index (κ3) is 2.83. The maximum absolute atomic E-state index is 12.9. The van der Waals surface area contributed by atoms with Crippen molar-refractivity contribution in [2.24, 2.45) is 17.8 Å². The Balaban J connectivity index is 1.30. The van der Waals surface area contributed by atoms with Crippen LogP contribution in [0.3, 0.4) is 0 Å². The van der Waals surface area contributed by atoms with Gasteiger partial charge in [-0.15, -0.1) is 0 Å². The van der Waals surface area contributed by atoms with Crippen LogP contribution in [-0.4, -0.2) is 49.3 Å². The van der Waals surface area contributed by atoms with E-state index in [1.54, 1.807) is 28.6 Å². The standard InChI is InChI=1S/C20H27ClN2O2S/c21-18-1-3-19(4-2-18)26(24,25)23-7-5-22(6-8-23)20-12-15-9-16(13-20)11-17(10-15)14-20/h1-4,15-17H,5-14H2. The van der Waals surface area contributed by atoms with Crippen molar-refractivity contribution in [1.29, 1.82) is 0 Å². The van der Waals surface area contributed by atoms with Crippen LogP contribution >= 0.6 is 11.6 Å². The van der Waals surface area contributed by atoms with E-state index in [4.69, 9.17) is 11.6 Å². The first-order valence-electron chi connectivity index (χ1n) is 9.95. The Morgan fingerprint density at radius 2 is 1.35 bits per heavy atom. The Bertz CT molecular complexity index is 749. The van der Waals surface area contributed by atoms with Crippen molar-refractivity contribution >= 4 is 21.6 Å². The minimum atomic E-state index is -3.41. The van der Waals surface area contributed by atoms with Gasteiger partial charge in [0.05, 0.1) is 4.90 Å². The van der Waals surface area contributed by atoms with Gasteiger partial charge in [-0.25, -0.2) is 8.42 Å². The van der Waals surface area contributed by atoms with E-state index >= 15 is 0 Å². The molecule has 0 N–H and O–H groups in total. The second-order valence-corrected chi connectivity index (χ2v) is 11.4. The molecule has 1 heterocycles. The minimum absolute atomic E-state index is 0.352. The molecule has 4 bridgehead atoms. The molecule has 26 heavy (non-hydrogen) atoms. The number of rotatable bonds is 3. The van der Waals surface area contributed by atoms with Crippen molar-refractivity contribution in [3.05, 3.63) is 29.3 Å². The topological polar surface area (TPSA) is 40.6 Å². The Morgan fingerprint density at radius 3 is 1.85 bits per heavy atom. The highest BCUT2D eigenvalue weighted by molar-refractivity contribution is 7.89. The maximum atomic E-state index is 12.9. The largest absolute Gasteiger partial charge is 0.295 e. The van der Waals surface area contributed by atoms with Crippen LogP contribution in [-0.2, 0) is 10.0 Å². The predicted molar refractivity (Wildman–Crippen MR) is 103 cm³/mol. The number of benzene rings is 1. The number of hydrogen-bond acceptors (Lipinski definition) is 3. The fraction of sp³-hybridized carbons (Fsp3) is 0.700. The summed E-state index contributed by atoms with van der Waals surface area (Å²) in [6, 6.07) is 6.53. The highest BCUT2D eigenvalue weighted by atomic mass is 35.5. The molecule has 0 amide bonds. The van der Waals surface area contributed by atoms with E-state index in [0.29, 0.717) is 28.5 Å². The second-order valence-electron chi connectivity index (χ2n) is 8.99. The highest BCUT2D eigenvalue weighted by Gasteiger charge is 2.53. The number of halogens is 1. The van der Waals surface area contributed by atoms with E-state index in [9.17, 15) is 8.42 Å². The SMILES string of the molecule is O=S(=O)(c1ccc(Cl)cc1)N1CCN(C23CC4CC(CC(C4)C2)C3)CC1. The number of hydrogen-bond donors (Lipinski definition) is 0. The van der Waals surface area contributed by atoms with Gasteiger partial charge in [-0.3, -0.25) is 4.90 Å². The summed E-state index contributed by atoms with van der Waals surface area (Å²) < 4.78 is 27.5. The van der Waals surface area contributed by atoms with E-state index in [1.165, 1.54) is 38.5 Å². The molecule has 1 saturated heterocycles. The Morgan fingerprint density at radius 1 is 0.846 bits per heavy atom. The van der Waals surface area contributed by atoms with Crippen molar-refractivity contribution in [3.63, 3.8) is 0 Å². The third-order valence-corrected chi connectivity index (χ3v) is 9.53. The zero-order valence-electron chi connectivity index (χ0n) is 15.1. The first-order valence-corrected chi connectivity index (χ1v) is 11.8. The van der Waals surface area contributed by atoms with Gasteiger partial charge in [0.2, 0.25) is 10.0 Å². The van der Waals surface area contributed by atoms with Crippen LogP contribution in [0.1, 0.15) is 38.5 Å². The molecule has 0 aromatic heterocycles. The summed E-state index contributed by atoms with van der Waals surface area (Å²) in [7, 11) is -3.41. The van der Waals surface area contributed by atoms with E-state index in [2.05, 4.69) is 4.90 Å². The molecule has 6 heteroatoms. The molecule has 6 rings (SSSR count). The lowest BCUT2D eigenvalue weighted by Crippen LogP contribution is -2.64. The van der Waals surface area contributed by atoms with Gasteiger partial charge in [0, 0.05) is 36.7 Å². The van der Waals surface area contributed by atoms with Crippen molar-refractivity contribution in [2.75, 3.05) is 26.2 Å². The molecule has 0 radical (unpaired) electrons. The van der Waals surface area contributed by atoms with Gasteiger partial charge in [0.15, 0.2) is 0 Å². The zero-order chi connectivity index (χ0) is 17.9. The van der Waals surface area contributed by atoms with Gasteiger partial charge in [0.1, 0.15) is 0 Å². The maximum Gasteiger partial charge on any atom is 0.243 e. The first-order chi connectivity index (χ1) is 12.4. The molecule has 0 unspecified atom stereocenters. The Kier molecular flexibility index (Phi) is 4.16. The number of piperazine rings is 1. The summed E-state index contributed by atoms with van der Waals surface area (Å²) in [5.41, 5.74) is 0.380. The smallest absolute Gasteiger partial charge is 0.243 e. The lowest BCUT2D eigenvalue weighted by Gasteiger charge is -2.61. The monoisotopic (exact) mass is 394 g/mol. The molecule has 5 fully saturated rings. The van der Waals surface area contributed by atoms with E-state index in [0.717, 1.165) is 30.8 Å². The molecule has 1 aromatic rings. The second kappa shape index (κ2) is 6.20. The minimum Gasteiger partial charge on any atom is -0.295 e. The van der Waals surface area contributed by atoms with Crippen molar-refractivity contribution in [1.82, 2.24) is 9.21 Å². The molecule has 1 aliphatic heterocycles. The average Bonchev–Trinajstić information content (AvgIpc) is 2.61. The van der Waals surface area contributed by atoms with E-state index in [1.807, 2.05) is 0 Å². The van der Waals surface area contributed by atoms with Gasteiger partial charge in [0.25, 0.3) is 0 Å². The summed E-state index contributed by atoms with van der Waals surface area (Å²) in [6.45, 7) is 2.96. The molecule has 1 aromatic carbocycles. The van der Waals surface area contributed by atoms with Gasteiger partial charge in [-0.2, -0.15) is 4.31 Å². The molecular weight excluding hydrogens is 368 g/mol.